The van der Waals surface area contributed by atoms with Crippen LogP contribution in [0.1, 0.15) is 0 Å². The van der Waals surface area contributed by atoms with Crippen molar-refractivity contribution in [2.24, 2.45) is 0 Å². The van der Waals surface area contributed by atoms with E-state index in [1.54, 1.807) is 0 Å². The summed E-state index contributed by atoms with van der Waals surface area (Å²) < 4.78 is 38.9. The Labute approximate surface area is 99.3 Å². The molecule has 0 aliphatic rings. The molecule has 7 nitrogen and oxygen atoms in total. The smallest absolute Gasteiger partial charge is 0.411 e. The van der Waals surface area contributed by atoms with Crippen molar-refractivity contribution in [1.82, 2.24) is 10.6 Å². The zero-order valence-electron chi connectivity index (χ0n) is 9.04. The van der Waals surface area contributed by atoms with Crippen molar-refractivity contribution >= 4 is 17.8 Å². The van der Waals surface area contributed by atoms with E-state index in [0.717, 1.165) is 0 Å². The van der Waals surface area contributed by atoms with Crippen LogP contribution in [0.15, 0.2) is 0 Å². The number of halogens is 3. The number of carbonyl (C=O) groups excluding carboxylic acids is 2. The fraction of sp³-hybridized carbons (Fsp3) is 0.625. The number of rotatable bonds is 7. The molecule has 0 bridgehead atoms. The molecule has 0 atom stereocenters. The summed E-state index contributed by atoms with van der Waals surface area (Å²) in [6.45, 7) is -3.56. The average molecular weight is 272 g/mol. The number of carboxylic acid groups (broad SMARTS) is 1. The first-order valence-electron chi connectivity index (χ1n) is 4.60. The topological polar surface area (TPSA) is 105 Å². The summed E-state index contributed by atoms with van der Waals surface area (Å²) in [5.74, 6) is -2.95. The molecule has 0 fully saturated rings. The Balaban J connectivity index is 3.64. The van der Waals surface area contributed by atoms with E-state index in [0.29, 0.717) is 0 Å². The minimum absolute atomic E-state index is 0.540. The van der Waals surface area contributed by atoms with Crippen molar-refractivity contribution < 1.29 is 37.4 Å². The van der Waals surface area contributed by atoms with Gasteiger partial charge in [-0.3, -0.25) is 14.4 Å². The summed E-state index contributed by atoms with van der Waals surface area (Å²) in [7, 11) is 0. The van der Waals surface area contributed by atoms with Crippen molar-refractivity contribution in [3.8, 4) is 0 Å². The van der Waals surface area contributed by atoms with Crippen molar-refractivity contribution in [3.63, 3.8) is 0 Å². The van der Waals surface area contributed by atoms with Crippen LogP contribution in [0, 0.1) is 0 Å². The number of ether oxygens (including phenoxy) is 1. The van der Waals surface area contributed by atoms with Gasteiger partial charge >= 0.3 is 12.1 Å². The molecular weight excluding hydrogens is 261 g/mol. The van der Waals surface area contributed by atoms with Gasteiger partial charge in [-0.2, -0.15) is 13.2 Å². The Morgan fingerprint density at radius 3 is 2.11 bits per heavy atom. The van der Waals surface area contributed by atoms with E-state index in [9.17, 15) is 27.6 Å². The summed E-state index contributed by atoms with van der Waals surface area (Å²) in [4.78, 5) is 31.8. The maximum absolute atomic E-state index is 11.6. The van der Waals surface area contributed by atoms with Crippen LogP contribution in [0.2, 0.25) is 0 Å². The van der Waals surface area contributed by atoms with E-state index >= 15 is 0 Å². The van der Waals surface area contributed by atoms with Gasteiger partial charge in [0.25, 0.3) is 0 Å². The third kappa shape index (κ3) is 10.7. The molecule has 0 aliphatic heterocycles. The van der Waals surface area contributed by atoms with Crippen LogP contribution in [0.3, 0.4) is 0 Å². The maximum Gasteiger partial charge on any atom is 0.411 e. The van der Waals surface area contributed by atoms with Gasteiger partial charge in [0.15, 0.2) is 0 Å². The lowest BCUT2D eigenvalue weighted by atomic mass is 10.5. The summed E-state index contributed by atoms with van der Waals surface area (Å²) in [6, 6.07) is 0. The second-order valence-corrected chi connectivity index (χ2v) is 3.06. The number of carboxylic acids is 1. The van der Waals surface area contributed by atoms with Gasteiger partial charge in [-0.25, -0.2) is 0 Å². The molecule has 2 amide bonds. The van der Waals surface area contributed by atoms with Crippen LogP contribution >= 0.6 is 0 Å². The maximum atomic E-state index is 11.6. The molecule has 0 saturated heterocycles. The highest BCUT2D eigenvalue weighted by Crippen LogP contribution is 2.13. The van der Waals surface area contributed by atoms with Crippen molar-refractivity contribution in [2.75, 3.05) is 26.3 Å². The minimum atomic E-state index is -4.53. The fourth-order valence-electron chi connectivity index (χ4n) is 0.726. The van der Waals surface area contributed by atoms with Crippen LogP contribution < -0.4 is 10.6 Å². The molecule has 0 heterocycles. The first kappa shape index (κ1) is 16.2. The molecule has 0 rings (SSSR count). The Hall–Kier alpha value is -1.84. The third-order valence-electron chi connectivity index (χ3n) is 1.38. The molecule has 0 saturated carbocycles. The molecule has 18 heavy (non-hydrogen) atoms. The molecule has 0 unspecified atom stereocenters. The molecule has 0 aromatic carbocycles. The zero-order chi connectivity index (χ0) is 14.2. The highest BCUT2D eigenvalue weighted by Gasteiger charge is 2.27. The van der Waals surface area contributed by atoms with Gasteiger partial charge in [0.05, 0.1) is 6.54 Å². The van der Waals surface area contributed by atoms with Crippen molar-refractivity contribution in [3.05, 3.63) is 0 Å². The average Bonchev–Trinajstić information content (AvgIpc) is 2.21. The summed E-state index contributed by atoms with van der Waals surface area (Å²) >= 11 is 0. The van der Waals surface area contributed by atoms with Gasteiger partial charge in [0.1, 0.15) is 19.8 Å². The van der Waals surface area contributed by atoms with Gasteiger partial charge < -0.3 is 20.5 Å². The lowest BCUT2D eigenvalue weighted by molar-refractivity contribution is -0.175. The second-order valence-electron chi connectivity index (χ2n) is 3.06. The highest BCUT2D eigenvalue weighted by molar-refractivity contribution is 5.86. The van der Waals surface area contributed by atoms with Gasteiger partial charge in [0.2, 0.25) is 11.8 Å². The first-order chi connectivity index (χ1) is 8.20. The summed E-state index contributed by atoms with van der Waals surface area (Å²) in [5, 5.41) is 12.1. The molecule has 0 aliphatic carbocycles. The number of amides is 2. The fourth-order valence-corrected chi connectivity index (χ4v) is 0.726. The van der Waals surface area contributed by atoms with E-state index in [1.807, 2.05) is 10.6 Å². The van der Waals surface area contributed by atoms with Crippen LogP contribution in [-0.2, 0) is 19.1 Å². The summed E-state index contributed by atoms with van der Waals surface area (Å²) in [5.41, 5.74) is 0. The highest BCUT2D eigenvalue weighted by atomic mass is 19.4. The Bertz CT molecular complexity index is 318. The molecular formula is C8H11F3N2O5. The number of alkyl halides is 3. The first-order valence-corrected chi connectivity index (χ1v) is 4.60. The SMILES string of the molecule is O=C(O)CNC(=O)CNC(=O)COCC(F)(F)F. The monoisotopic (exact) mass is 272 g/mol. The second kappa shape index (κ2) is 7.48. The zero-order valence-corrected chi connectivity index (χ0v) is 9.04. The Kier molecular flexibility index (Phi) is 6.71. The molecule has 10 heteroatoms. The van der Waals surface area contributed by atoms with Crippen molar-refractivity contribution in [2.45, 2.75) is 6.18 Å². The lowest BCUT2D eigenvalue weighted by Gasteiger charge is -2.08. The summed E-state index contributed by atoms with van der Waals surface area (Å²) in [6.07, 6.45) is -4.53. The van der Waals surface area contributed by atoms with Gasteiger partial charge in [0, 0.05) is 0 Å². The van der Waals surface area contributed by atoms with Gasteiger partial charge in [-0.1, -0.05) is 0 Å². The molecule has 3 N–H and O–H groups in total. The molecule has 0 radical (unpaired) electrons. The predicted molar refractivity (Wildman–Crippen MR) is 50.5 cm³/mol. The predicted octanol–water partition coefficient (Wildman–Crippen LogP) is -1.12. The van der Waals surface area contributed by atoms with Crippen LogP contribution in [0.5, 0.6) is 0 Å². The third-order valence-corrected chi connectivity index (χ3v) is 1.38. The number of nitrogens with one attached hydrogen (secondary N) is 2. The molecule has 0 spiro atoms. The van der Waals surface area contributed by atoms with E-state index < -0.39 is 50.3 Å². The lowest BCUT2D eigenvalue weighted by Crippen LogP contribution is -2.40. The molecule has 104 valence electrons. The standard InChI is InChI=1S/C8H11F3N2O5/c9-8(10,11)4-18-3-6(15)12-1-5(14)13-2-7(16)17/h1-4H2,(H,12,15)(H,13,14)(H,16,17). The number of hydrogen-bond donors (Lipinski definition) is 3. The van der Waals surface area contributed by atoms with Gasteiger partial charge in [-0.05, 0) is 0 Å². The quantitative estimate of drug-likeness (QED) is 0.544. The van der Waals surface area contributed by atoms with E-state index in [2.05, 4.69) is 4.74 Å². The number of carbonyl (C=O) groups is 3. The van der Waals surface area contributed by atoms with Crippen LogP contribution in [0.25, 0.3) is 0 Å². The number of aliphatic carboxylic acids is 1. The van der Waals surface area contributed by atoms with E-state index in [1.165, 1.54) is 0 Å². The van der Waals surface area contributed by atoms with Crippen LogP contribution in [-0.4, -0.2) is 55.4 Å². The minimum Gasteiger partial charge on any atom is -0.480 e. The Morgan fingerprint density at radius 1 is 1.06 bits per heavy atom. The van der Waals surface area contributed by atoms with Crippen LogP contribution in [0.4, 0.5) is 13.2 Å². The normalized spacial score (nSPS) is 10.8. The molecule has 0 aromatic heterocycles. The van der Waals surface area contributed by atoms with E-state index in [-0.39, 0.29) is 0 Å². The Morgan fingerprint density at radius 2 is 1.61 bits per heavy atom. The number of hydrogen-bond acceptors (Lipinski definition) is 4. The van der Waals surface area contributed by atoms with Crippen molar-refractivity contribution in [1.29, 1.82) is 0 Å². The van der Waals surface area contributed by atoms with Gasteiger partial charge in [-0.15, -0.1) is 0 Å². The van der Waals surface area contributed by atoms with E-state index in [4.69, 9.17) is 5.11 Å². The largest absolute Gasteiger partial charge is 0.480 e. The molecule has 0 aromatic rings.